The van der Waals surface area contributed by atoms with Crippen molar-refractivity contribution in [1.82, 2.24) is 15.3 Å². The second-order valence-corrected chi connectivity index (χ2v) is 6.49. The fourth-order valence-electron chi connectivity index (χ4n) is 2.68. The number of aryl methyl sites for hydroxylation is 1. The average molecular weight is 316 g/mol. The summed E-state index contributed by atoms with van der Waals surface area (Å²) in [5.74, 6) is 0.754. The lowest BCUT2D eigenvalue weighted by molar-refractivity contribution is 0.0954. The highest BCUT2D eigenvalue weighted by Gasteiger charge is 2.20. The summed E-state index contributed by atoms with van der Waals surface area (Å²) in [6.07, 6.45) is 4.85. The number of nitrogens with zero attached hydrogens (tertiary/aromatic N) is 3. The minimum Gasteiger partial charge on any atom is -0.356 e. The largest absolute Gasteiger partial charge is 0.356 e. The Morgan fingerprint density at radius 1 is 1.41 bits per heavy atom. The van der Waals surface area contributed by atoms with Gasteiger partial charge >= 0.3 is 0 Å². The number of anilines is 1. The minimum absolute atomic E-state index is 0.0537. The van der Waals surface area contributed by atoms with Crippen LogP contribution in [0.15, 0.2) is 23.7 Å². The number of nitrogens with one attached hydrogen (secondary N) is 1. The van der Waals surface area contributed by atoms with Gasteiger partial charge in [0.1, 0.15) is 5.82 Å². The van der Waals surface area contributed by atoms with Crippen molar-refractivity contribution in [3.63, 3.8) is 0 Å². The van der Waals surface area contributed by atoms with Crippen molar-refractivity contribution in [2.24, 2.45) is 0 Å². The van der Waals surface area contributed by atoms with Gasteiger partial charge in [0.2, 0.25) is 0 Å². The third-order valence-electron chi connectivity index (χ3n) is 3.77. The second kappa shape index (κ2) is 6.87. The van der Waals surface area contributed by atoms with Gasteiger partial charge in [-0.05, 0) is 31.9 Å². The number of carbonyl (C=O) groups is 1. The smallest absolute Gasteiger partial charge is 0.255 e. The molecule has 1 aliphatic rings. The van der Waals surface area contributed by atoms with Crippen LogP contribution in [0, 0.1) is 6.92 Å². The Balaban J connectivity index is 1.62. The molecule has 0 saturated carbocycles. The number of aromatic nitrogens is 2. The van der Waals surface area contributed by atoms with Gasteiger partial charge in [0.25, 0.3) is 5.91 Å². The van der Waals surface area contributed by atoms with E-state index in [9.17, 15) is 4.79 Å². The first-order valence-corrected chi connectivity index (χ1v) is 8.51. The van der Waals surface area contributed by atoms with Crippen molar-refractivity contribution in [2.45, 2.75) is 26.2 Å². The van der Waals surface area contributed by atoms with Crippen LogP contribution in [0.1, 0.15) is 33.9 Å². The molecule has 2 aromatic rings. The molecule has 6 heteroatoms. The highest BCUT2D eigenvalue weighted by molar-refractivity contribution is 7.09. The summed E-state index contributed by atoms with van der Waals surface area (Å²) in [7, 11) is 0. The molecule has 0 aliphatic carbocycles. The second-order valence-electron chi connectivity index (χ2n) is 5.43. The number of thiazole rings is 1. The summed E-state index contributed by atoms with van der Waals surface area (Å²) in [5, 5.41) is 6.08. The molecule has 0 unspecified atom stereocenters. The van der Waals surface area contributed by atoms with Crippen molar-refractivity contribution in [3.8, 4) is 0 Å². The van der Waals surface area contributed by atoms with E-state index in [1.54, 1.807) is 17.5 Å². The van der Waals surface area contributed by atoms with Crippen LogP contribution in [0.5, 0.6) is 0 Å². The van der Waals surface area contributed by atoms with E-state index >= 15 is 0 Å². The van der Waals surface area contributed by atoms with Crippen LogP contribution in [0.2, 0.25) is 0 Å². The van der Waals surface area contributed by atoms with Gasteiger partial charge in [-0.3, -0.25) is 4.79 Å². The topological polar surface area (TPSA) is 58.1 Å². The lowest BCUT2D eigenvalue weighted by Crippen LogP contribution is -2.29. The molecule has 22 heavy (non-hydrogen) atoms. The summed E-state index contributed by atoms with van der Waals surface area (Å²) in [6.45, 7) is 4.55. The molecule has 0 atom stereocenters. The van der Waals surface area contributed by atoms with Crippen molar-refractivity contribution < 1.29 is 4.79 Å². The van der Waals surface area contributed by atoms with Crippen LogP contribution < -0.4 is 10.2 Å². The van der Waals surface area contributed by atoms with E-state index in [-0.39, 0.29) is 5.91 Å². The molecule has 116 valence electrons. The maximum absolute atomic E-state index is 12.4. The van der Waals surface area contributed by atoms with Crippen molar-refractivity contribution in [1.29, 1.82) is 0 Å². The number of hydrogen-bond acceptors (Lipinski definition) is 5. The molecule has 0 aromatic carbocycles. The summed E-state index contributed by atoms with van der Waals surface area (Å²) in [4.78, 5) is 23.4. The van der Waals surface area contributed by atoms with E-state index in [0.29, 0.717) is 12.1 Å². The minimum atomic E-state index is -0.0537. The number of carbonyl (C=O) groups excluding carboxylic acids is 1. The van der Waals surface area contributed by atoms with E-state index < -0.39 is 0 Å². The molecule has 1 N–H and O–H groups in total. The molecular weight excluding hydrogens is 296 g/mol. The van der Waals surface area contributed by atoms with Crippen LogP contribution in [0.4, 0.5) is 5.82 Å². The van der Waals surface area contributed by atoms with Gasteiger partial charge in [0.05, 0.1) is 16.3 Å². The Morgan fingerprint density at radius 3 is 2.95 bits per heavy atom. The van der Waals surface area contributed by atoms with Crippen LogP contribution >= 0.6 is 11.3 Å². The Labute approximate surface area is 134 Å². The first kappa shape index (κ1) is 15.0. The molecule has 1 saturated heterocycles. The molecule has 0 bridgehead atoms. The zero-order chi connectivity index (χ0) is 15.4. The molecule has 2 aromatic heterocycles. The zero-order valence-electron chi connectivity index (χ0n) is 12.7. The lowest BCUT2D eigenvalue weighted by atomic mass is 10.2. The maximum atomic E-state index is 12.4. The van der Waals surface area contributed by atoms with Crippen LogP contribution in [-0.2, 0) is 6.42 Å². The fraction of sp³-hybridized carbons (Fsp3) is 0.438. The van der Waals surface area contributed by atoms with Gasteiger partial charge in [0.15, 0.2) is 0 Å². The SMILES string of the molecule is Cc1nc(CCNC(=O)c2cccnc2N2CCCC2)cs1. The first-order chi connectivity index (χ1) is 10.7. The first-order valence-electron chi connectivity index (χ1n) is 7.63. The molecule has 1 amide bonds. The van der Waals surface area contributed by atoms with E-state index in [1.807, 2.05) is 24.4 Å². The number of pyridine rings is 1. The quantitative estimate of drug-likeness (QED) is 0.920. The van der Waals surface area contributed by atoms with E-state index in [1.165, 1.54) is 12.8 Å². The van der Waals surface area contributed by atoms with Gasteiger partial charge in [0, 0.05) is 37.6 Å². The average Bonchev–Trinajstić information content (AvgIpc) is 3.19. The summed E-state index contributed by atoms with van der Waals surface area (Å²) < 4.78 is 0. The molecule has 3 rings (SSSR count). The molecule has 5 nitrogen and oxygen atoms in total. The lowest BCUT2D eigenvalue weighted by Gasteiger charge is -2.19. The Morgan fingerprint density at radius 2 is 2.23 bits per heavy atom. The molecular formula is C16H20N4OS. The molecule has 0 spiro atoms. The van der Waals surface area contributed by atoms with Gasteiger partial charge < -0.3 is 10.2 Å². The van der Waals surface area contributed by atoms with Crippen LogP contribution in [0.3, 0.4) is 0 Å². The maximum Gasteiger partial charge on any atom is 0.255 e. The fourth-order valence-corrected chi connectivity index (χ4v) is 3.32. The highest BCUT2D eigenvalue weighted by Crippen LogP contribution is 2.21. The third kappa shape index (κ3) is 3.44. The van der Waals surface area contributed by atoms with Crippen molar-refractivity contribution >= 4 is 23.1 Å². The van der Waals surface area contributed by atoms with Crippen molar-refractivity contribution in [3.05, 3.63) is 40.0 Å². The monoisotopic (exact) mass is 316 g/mol. The Hall–Kier alpha value is -1.95. The Kier molecular flexibility index (Phi) is 4.68. The zero-order valence-corrected chi connectivity index (χ0v) is 13.5. The predicted molar refractivity (Wildman–Crippen MR) is 88.6 cm³/mol. The normalized spacial score (nSPS) is 14.3. The summed E-state index contributed by atoms with van der Waals surface area (Å²) in [5.41, 5.74) is 1.70. The van der Waals surface area contributed by atoms with Crippen LogP contribution in [0.25, 0.3) is 0 Å². The third-order valence-corrected chi connectivity index (χ3v) is 4.59. The molecule has 1 fully saturated rings. The molecule has 0 radical (unpaired) electrons. The number of hydrogen-bond donors (Lipinski definition) is 1. The Bertz CT molecular complexity index is 649. The van der Waals surface area contributed by atoms with Gasteiger partial charge in [-0.15, -0.1) is 11.3 Å². The number of amides is 1. The summed E-state index contributed by atoms with van der Waals surface area (Å²) in [6, 6.07) is 3.67. The highest BCUT2D eigenvalue weighted by atomic mass is 32.1. The van der Waals surface area contributed by atoms with E-state index in [2.05, 4.69) is 20.2 Å². The summed E-state index contributed by atoms with van der Waals surface area (Å²) >= 11 is 1.64. The predicted octanol–water partition coefficient (Wildman–Crippen LogP) is 2.42. The standard InChI is InChI=1S/C16H20N4OS/c1-12-19-13(11-22-12)6-8-18-16(21)14-5-4-7-17-15(14)20-9-2-3-10-20/h4-5,7,11H,2-3,6,8-10H2,1H3,(H,18,21). The van der Waals surface area contributed by atoms with E-state index in [0.717, 1.165) is 36.0 Å². The van der Waals surface area contributed by atoms with Gasteiger partial charge in [-0.2, -0.15) is 0 Å². The molecule has 3 heterocycles. The number of rotatable bonds is 5. The molecule has 1 aliphatic heterocycles. The van der Waals surface area contributed by atoms with Crippen molar-refractivity contribution in [2.75, 3.05) is 24.5 Å². The van der Waals surface area contributed by atoms with E-state index in [4.69, 9.17) is 0 Å². The van der Waals surface area contributed by atoms with Gasteiger partial charge in [-0.25, -0.2) is 9.97 Å². The van der Waals surface area contributed by atoms with Gasteiger partial charge in [-0.1, -0.05) is 0 Å². The van der Waals surface area contributed by atoms with Crippen LogP contribution in [-0.4, -0.2) is 35.5 Å².